The summed E-state index contributed by atoms with van der Waals surface area (Å²) in [6, 6.07) is 18.0. The number of aliphatic hydroxyl groups is 1. The van der Waals surface area contributed by atoms with Crippen LogP contribution in [-0.4, -0.2) is 10.9 Å². The van der Waals surface area contributed by atoms with Gasteiger partial charge in [0.05, 0.1) is 0 Å². The average Bonchev–Trinajstić information content (AvgIpc) is 2.47. The molecule has 2 nitrogen and oxygen atoms in total. The number of carbonyl (C=O) groups excluding carboxylic acids is 1. The molecule has 18 heavy (non-hydrogen) atoms. The Morgan fingerprint density at radius 1 is 0.833 bits per heavy atom. The predicted molar refractivity (Wildman–Crippen MR) is 72.4 cm³/mol. The van der Waals surface area contributed by atoms with Gasteiger partial charge in [-0.3, -0.25) is 4.79 Å². The van der Waals surface area contributed by atoms with Gasteiger partial charge < -0.3 is 5.11 Å². The third-order valence-electron chi connectivity index (χ3n) is 2.78. The van der Waals surface area contributed by atoms with Crippen molar-refractivity contribution in [3.63, 3.8) is 0 Å². The molecule has 0 heterocycles. The summed E-state index contributed by atoms with van der Waals surface area (Å²) in [7, 11) is 0. The molecule has 2 aromatic carbocycles. The number of ketones is 1. The first-order valence-corrected chi connectivity index (χ1v) is 5.75. The van der Waals surface area contributed by atoms with Gasteiger partial charge in [-0.05, 0) is 6.92 Å². The first kappa shape index (κ1) is 12.1. The Hall–Kier alpha value is -2.35. The Kier molecular flexibility index (Phi) is 3.58. The fourth-order valence-corrected chi connectivity index (χ4v) is 1.73. The maximum atomic E-state index is 12.1. The van der Waals surface area contributed by atoms with Crippen LogP contribution < -0.4 is 0 Å². The second kappa shape index (κ2) is 5.32. The molecule has 2 heteroatoms. The fourth-order valence-electron chi connectivity index (χ4n) is 1.73. The van der Waals surface area contributed by atoms with E-state index >= 15 is 0 Å². The van der Waals surface area contributed by atoms with E-state index in [0.29, 0.717) is 16.7 Å². The van der Waals surface area contributed by atoms with Crippen molar-refractivity contribution in [1.29, 1.82) is 0 Å². The van der Waals surface area contributed by atoms with E-state index in [0.717, 1.165) is 0 Å². The number of hydrogen-bond acceptors (Lipinski definition) is 2. The summed E-state index contributed by atoms with van der Waals surface area (Å²) in [5.74, 6) is -0.124. The van der Waals surface area contributed by atoms with Crippen LogP contribution >= 0.6 is 0 Å². The Bertz CT molecular complexity index is 569. The molecule has 0 aromatic heterocycles. The molecule has 0 atom stereocenters. The van der Waals surface area contributed by atoms with Crippen LogP contribution in [0, 0.1) is 0 Å². The van der Waals surface area contributed by atoms with E-state index in [-0.39, 0.29) is 11.5 Å². The van der Waals surface area contributed by atoms with E-state index in [1.807, 2.05) is 24.3 Å². The van der Waals surface area contributed by atoms with Crippen molar-refractivity contribution in [2.75, 3.05) is 0 Å². The lowest BCUT2D eigenvalue weighted by Crippen LogP contribution is -2.03. The Balaban J connectivity index is 2.37. The lowest BCUT2D eigenvalue weighted by molar-refractivity contribution is 0.103. The Morgan fingerprint density at radius 2 is 1.28 bits per heavy atom. The second-order valence-electron chi connectivity index (χ2n) is 4.03. The summed E-state index contributed by atoms with van der Waals surface area (Å²) < 4.78 is 0. The molecule has 0 aliphatic rings. The maximum absolute atomic E-state index is 12.1. The van der Waals surface area contributed by atoms with Crippen molar-refractivity contribution in [2.45, 2.75) is 6.92 Å². The molecule has 0 aliphatic carbocycles. The number of hydrogen-bond donors (Lipinski definition) is 1. The molecular weight excluding hydrogens is 224 g/mol. The van der Waals surface area contributed by atoms with Crippen LogP contribution in [0.25, 0.3) is 5.76 Å². The maximum Gasteiger partial charge on any atom is 0.192 e. The van der Waals surface area contributed by atoms with Crippen LogP contribution in [0.2, 0.25) is 0 Å². The normalized spacial score (nSPS) is 11.8. The molecule has 0 saturated heterocycles. The molecule has 0 amide bonds. The van der Waals surface area contributed by atoms with Gasteiger partial charge in [0.25, 0.3) is 0 Å². The largest absolute Gasteiger partial charge is 0.507 e. The summed E-state index contributed by atoms with van der Waals surface area (Å²) >= 11 is 0. The first-order chi connectivity index (χ1) is 8.70. The highest BCUT2D eigenvalue weighted by Gasteiger charge is 2.13. The zero-order valence-electron chi connectivity index (χ0n) is 10.1. The quantitative estimate of drug-likeness (QED) is 0.501. The highest BCUT2D eigenvalue weighted by Crippen LogP contribution is 2.18. The van der Waals surface area contributed by atoms with E-state index in [1.165, 1.54) is 0 Å². The van der Waals surface area contributed by atoms with Gasteiger partial charge in [-0.1, -0.05) is 60.7 Å². The number of allylic oxidation sites excluding steroid dienone is 1. The molecule has 0 spiro atoms. The summed E-state index contributed by atoms with van der Waals surface area (Å²) in [4.78, 5) is 12.1. The van der Waals surface area contributed by atoms with E-state index in [2.05, 4.69) is 0 Å². The SMILES string of the molecule is C/C(C(=O)c1ccccc1)=C(/O)c1ccccc1. The number of benzene rings is 2. The smallest absolute Gasteiger partial charge is 0.192 e. The van der Waals surface area contributed by atoms with E-state index < -0.39 is 0 Å². The van der Waals surface area contributed by atoms with Crippen molar-refractivity contribution in [1.82, 2.24) is 0 Å². The lowest BCUT2D eigenvalue weighted by Gasteiger charge is -2.06. The van der Waals surface area contributed by atoms with Gasteiger partial charge in [0.2, 0.25) is 0 Å². The molecule has 90 valence electrons. The van der Waals surface area contributed by atoms with Gasteiger partial charge in [0.15, 0.2) is 5.78 Å². The summed E-state index contributed by atoms with van der Waals surface area (Å²) in [5, 5.41) is 10.1. The molecular formula is C16H14O2. The summed E-state index contributed by atoms with van der Waals surface area (Å²) in [6.45, 7) is 1.64. The van der Waals surface area contributed by atoms with Gasteiger partial charge in [-0.2, -0.15) is 0 Å². The zero-order chi connectivity index (χ0) is 13.0. The molecule has 0 bridgehead atoms. The van der Waals surface area contributed by atoms with Gasteiger partial charge in [-0.25, -0.2) is 0 Å². The predicted octanol–water partition coefficient (Wildman–Crippen LogP) is 3.86. The van der Waals surface area contributed by atoms with Gasteiger partial charge >= 0.3 is 0 Å². The number of Topliss-reactive ketones (excluding diaryl/α,β-unsaturated/α-hetero) is 1. The number of aliphatic hydroxyl groups excluding tert-OH is 1. The first-order valence-electron chi connectivity index (χ1n) is 5.75. The molecule has 0 fully saturated rings. The number of rotatable bonds is 3. The van der Waals surface area contributed by atoms with Crippen LogP contribution in [0.1, 0.15) is 22.8 Å². The molecule has 0 radical (unpaired) electrons. The molecule has 0 aliphatic heterocycles. The van der Waals surface area contributed by atoms with Crippen molar-refractivity contribution in [3.8, 4) is 0 Å². The Morgan fingerprint density at radius 3 is 1.78 bits per heavy atom. The van der Waals surface area contributed by atoms with Crippen LogP contribution in [0.4, 0.5) is 0 Å². The highest BCUT2D eigenvalue weighted by molar-refractivity contribution is 6.11. The molecule has 0 saturated carbocycles. The topological polar surface area (TPSA) is 37.3 Å². The minimum absolute atomic E-state index is 0.0319. The lowest BCUT2D eigenvalue weighted by atomic mass is 10.0. The second-order valence-corrected chi connectivity index (χ2v) is 4.03. The molecule has 1 N–H and O–H groups in total. The zero-order valence-corrected chi connectivity index (χ0v) is 10.1. The van der Waals surface area contributed by atoms with Crippen LogP contribution in [-0.2, 0) is 0 Å². The van der Waals surface area contributed by atoms with E-state index in [9.17, 15) is 9.90 Å². The minimum Gasteiger partial charge on any atom is -0.507 e. The Labute approximate surface area is 106 Å². The van der Waals surface area contributed by atoms with E-state index in [4.69, 9.17) is 0 Å². The monoisotopic (exact) mass is 238 g/mol. The van der Waals surface area contributed by atoms with Gasteiger partial charge in [0, 0.05) is 16.7 Å². The molecule has 0 unspecified atom stereocenters. The van der Waals surface area contributed by atoms with Gasteiger partial charge in [-0.15, -0.1) is 0 Å². The highest BCUT2D eigenvalue weighted by atomic mass is 16.3. The van der Waals surface area contributed by atoms with Crippen LogP contribution in [0.15, 0.2) is 66.2 Å². The summed E-state index contributed by atoms with van der Waals surface area (Å²) in [6.07, 6.45) is 0. The molecule has 2 aromatic rings. The number of carbonyl (C=O) groups is 1. The average molecular weight is 238 g/mol. The van der Waals surface area contributed by atoms with Crippen LogP contribution in [0.3, 0.4) is 0 Å². The standard InChI is InChI=1S/C16H14O2/c1-12(15(17)13-8-4-2-5-9-13)16(18)14-10-6-3-7-11-14/h2-11,17H,1H3/b15-12-. The van der Waals surface area contributed by atoms with Gasteiger partial charge in [0.1, 0.15) is 5.76 Å². The third kappa shape index (κ3) is 2.48. The van der Waals surface area contributed by atoms with Crippen molar-refractivity contribution in [3.05, 3.63) is 77.4 Å². The van der Waals surface area contributed by atoms with E-state index in [1.54, 1.807) is 43.3 Å². The summed E-state index contributed by atoms with van der Waals surface area (Å²) in [5.41, 5.74) is 1.59. The fraction of sp³-hybridized carbons (Fsp3) is 0.0625. The minimum atomic E-state index is -0.156. The third-order valence-corrected chi connectivity index (χ3v) is 2.78. The van der Waals surface area contributed by atoms with Crippen molar-refractivity contribution in [2.24, 2.45) is 0 Å². The van der Waals surface area contributed by atoms with Crippen molar-refractivity contribution >= 4 is 11.5 Å². The van der Waals surface area contributed by atoms with Crippen molar-refractivity contribution < 1.29 is 9.90 Å². The molecule has 2 rings (SSSR count). The van der Waals surface area contributed by atoms with Crippen LogP contribution in [0.5, 0.6) is 0 Å².